The van der Waals surface area contributed by atoms with Crippen LogP contribution in [0.25, 0.3) is 0 Å². The Morgan fingerprint density at radius 1 is 1.42 bits per heavy atom. The Kier molecular flexibility index (Phi) is 5.58. The van der Waals surface area contributed by atoms with Gasteiger partial charge in [-0.2, -0.15) is 4.37 Å². The number of piperidine rings is 1. The molecule has 0 aromatic carbocycles. The number of hydrogen-bond acceptors (Lipinski definition) is 5. The molecule has 0 bridgehead atoms. The van der Waals surface area contributed by atoms with E-state index in [0.717, 1.165) is 36.9 Å². The summed E-state index contributed by atoms with van der Waals surface area (Å²) in [6, 6.07) is 1.13. The van der Waals surface area contributed by atoms with E-state index in [1.54, 1.807) is 11.5 Å². The maximum absolute atomic E-state index is 4.71. The molecule has 108 valence electrons. The molecule has 5 heteroatoms. The maximum atomic E-state index is 4.71. The lowest BCUT2D eigenvalue weighted by atomic mass is 10.0. The van der Waals surface area contributed by atoms with Gasteiger partial charge in [-0.15, -0.1) is 0 Å². The Morgan fingerprint density at radius 2 is 2.26 bits per heavy atom. The van der Waals surface area contributed by atoms with Gasteiger partial charge in [-0.3, -0.25) is 0 Å². The van der Waals surface area contributed by atoms with Crippen LogP contribution in [0.5, 0.6) is 0 Å². The van der Waals surface area contributed by atoms with Gasteiger partial charge >= 0.3 is 0 Å². The molecule has 0 amide bonds. The van der Waals surface area contributed by atoms with Gasteiger partial charge in [0.2, 0.25) is 5.13 Å². The summed E-state index contributed by atoms with van der Waals surface area (Å²) in [6.45, 7) is 8.78. The smallest absolute Gasteiger partial charge is 0.205 e. The first-order valence-corrected chi connectivity index (χ1v) is 8.30. The summed E-state index contributed by atoms with van der Waals surface area (Å²) in [5.74, 6) is 1.02. The van der Waals surface area contributed by atoms with Gasteiger partial charge in [0, 0.05) is 43.1 Å². The van der Waals surface area contributed by atoms with Crippen LogP contribution in [0.15, 0.2) is 0 Å². The number of hydrogen-bond donors (Lipinski definition) is 1. The normalized spacial score (nSPS) is 20.2. The fourth-order valence-corrected chi connectivity index (χ4v) is 3.33. The minimum absolute atomic E-state index is 0.550. The van der Waals surface area contributed by atoms with Crippen LogP contribution >= 0.6 is 11.5 Å². The predicted molar refractivity (Wildman–Crippen MR) is 82.0 cm³/mol. The first kappa shape index (κ1) is 14.7. The molecule has 1 aromatic heterocycles. The molecule has 2 heterocycles. The molecule has 1 aromatic rings. The quantitative estimate of drug-likeness (QED) is 0.871. The molecular formula is C14H26N4S. The van der Waals surface area contributed by atoms with Crippen molar-refractivity contribution in [2.24, 2.45) is 0 Å². The lowest BCUT2D eigenvalue weighted by Crippen LogP contribution is -2.46. The van der Waals surface area contributed by atoms with E-state index in [1.165, 1.54) is 19.3 Å². The molecular weight excluding hydrogens is 256 g/mol. The summed E-state index contributed by atoms with van der Waals surface area (Å²) >= 11 is 1.57. The van der Waals surface area contributed by atoms with Gasteiger partial charge < -0.3 is 10.2 Å². The third-order valence-electron chi connectivity index (χ3n) is 3.57. The lowest BCUT2D eigenvalue weighted by molar-refractivity contribution is 0.420. The Labute approximate surface area is 120 Å². The highest BCUT2D eigenvalue weighted by atomic mass is 32.1. The number of aryl methyl sites for hydroxylation is 1. The highest BCUT2D eigenvalue weighted by molar-refractivity contribution is 7.09. The van der Waals surface area contributed by atoms with Crippen LogP contribution in [0.3, 0.4) is 0 Å². The Hall–Kier alpha value is -0.680. The monoisotopic (exact) mass is 282 g/mol. The molecule has 1 fully saturated rings. The first-order chi connectivity index (χ1) is 9.20. The largest absolute Gasteiger partial charge is 0.343 e. The van der Waals surface area contributed by atoms with E-state index < -0.39 is 0 Å². The van der Waals surface area contributed by atoms with Crippen LogP contribution in [-0.2, 0) is 6.42 Å². The van der Waals surface area contributed by atoms with Gasteiger partial charge in [0.25, 0.3) is 0 Å². The van der Waals surface area contributed by atoms with Crippen LogP contribution < -0.4 is 10.2 Å². The SMILES string of the molecule is CCCc1nsc(N2CCCCC2CNC(C)C)n1. The van der Waals surface area contributed by atoms with Crippen LogP contribution in [0.4, 0.5) is 5.13 Å². The summed E-state index contributed by atoms with van der Waals surface area (Å²) in [7, 11) is 0. The minimum Gasteiger partial charge on any atom is -0.343 e. The Morgan fingerprint density at radius 3 is 3.00 bits per heavy atom. The molecule has 1 aliphatic heterocycles. The average molecular weight is 282 g/mol. The van der Waals surface area contributed by atoms with Crippen molar-refractivity contribution >= 4 is 16.7 Å². The maximum Gasteiger partial charge on any atom is 0.205 e. The molecule has 19 heavy (non-hydrogen) atoms. The molecule has 1 unspecified atom stereocenters. The van der Waals surface area contributed by atoms with E-state index >= 15 is 0 Å². The molecule has 2 rings (SSSR count). The van der Waals surface area contributed by atoms with Crippen molar-refractivity contribution in [3.05, 3.63) is 5.82 Å². The van der Waals surface area contributed by atoms with Gasteiger partial charge in [-0.25, -0.2) is 4.98 Å². The number of anilines is 1. The zero-order valence-electron chi connectivity index (χ0n) is 12.4. The van der Waals surface area contributed by atoms with Crippen LogP contribution in [-0.4, -0.2) is 34.5 Å². The summed E-state index contributed by atoms with van der Waals surface area (Å²) in [6.07, 6.45) is 6.00. The van der Waals surface area contributed by atoms with E-state index in [4.69, 9.17) is 4.98 Å². The molecule has 1 aliphatic rings. The molecule has 1 N–H and O–H groups in total. The number of aromatic nitrogens is 2. The average Bonchev–Trinajstić information content (AvgIpc) is 2.85. The van der Waals surface area contributed by atoms with Crippen LogP contribution in [0, 0.1) is 0 Å². The zero-order valence-corrected chi connectivity index (χ0v) is 13.2. The van der Waals surface area contributed by atoms with Crippen LogP contribution in [0.2, 0.25) is 0 Å². The Bertz CT molecular complexity index is 377. The van der Waals surface area contributed by atoms with Crippen molar-refractivity contribution in [1.29, 1.82) is 0 Å². The molecule has 1 atom stereocenters. The summed E-state index contributed by atoms with van der Waals surface area (Å²) in [5, 5.41) is 4.69. The number of nitrogens with one attached hydrogen (secondary N) is 1. The number of rotatable bonds is 6. The second-order valence-corrected chi connectivity index (χ2v) is 6.38. The predicted octanol–water partition coefficient (Wildman–Crippen LogP) is 2.85. The summed E-state index contributed by atoms with van der Waals surface area (Å²) in [5.41, 5.74) is 0. The van der Waals surface area contributed by atoms with Crippen molar-refractivity contribution in [2.75, 3.05) is 18.0 Å². The molecule has 0 saturated carbocycles. The zero-order chi connectivity index (χ0) is 13.7. The van der Waals surface area contributed by atoms with Crippen molar-refractivity contribution in [3.63, 3.8) is 0 Å². The number of nitrogens with zero attached hydrogens (tertiary/aromatic N) is 3. The van der Waals surface area contributed by atoms with E-state index in [-0.39, 0.29) is 0 Å². The minimum atomic E-state index is 0.550. The molecule has 4 nitrogen and oxygen atoms in total. The third-order valence-corrected chi connectivity index (χ3v) is 4.36. The van der Waals surface area contributed by atoms with E-state index in [9.17, 15) is 0 Å². The first-order valence-electron chi connectivity index (χ1n) is 7.53. The van der Waals surface area contributed by atoms with E-state index in [1.807, 2.05) is 0 Å². The Balaban J connectivity index is 2.00. The second kappa shape index (κ2) is 7.20. The highest BCUT2D eigenvalue weighted by Gasteiger charge is 2.25. The molecule has 0 radical (unpaired) electrons. The fourth-order valence-electron chi connectivity index (χ4n) is 2.52. The second-order valence-electron chi connectivity index (χ2n) is 5.65. The molecule has 0 spiro atoms. The third kappa shape index (κ3) is 4.14. The lowest BCUT2D eigenvalue weighted by Gasteiger charge is -2.35. The fraction of sp³-hybridized carbons (Fsp3) is 0.857. The van der Waals surface area contributed by atoms with Crippen molar-refractivity contribution in [3.8, 4) is 0 Å². The van der Waals surface area contributed by atoms with Gasteiger partial charge in [0.15, 0.2) is 0 Å². The van der Waals surface area contributed by atoms with Crippen molar-refractivity contribution in [1.82, 2.24) is 14.7 Å². The van der Waals surface area contributed by atoms with Gasteiger partial charge in [-0.05, 0) is 25.7 Å². The van der Waals surface area contributed by atoms with E-state index in [2.05, 4.69) is 35.4 Å². The molecule has 0 aliphatic carbocycles. The standard InChI is InChI=1S/C14H26N4S/c1-4-7-13-16-14(19-17-13)18-9-6-5-8-12(18)10-15-11(2)3/h11-12,15H,4-10H2,1-3H3. The molecule has 1 saturated heterocycles. The summed E-state index contributed by atoms with van der Waals surface area (Å²) in [4.78, 5) is 7.17. The topological polar surface area (TPSA) is 41.1 Å². The highest BCUT2D eigenvalue weighted by Crippen LogP contribution is 2.26. The van der Waals surface area contributed by atoms with Gasteiger partial charge in [-0.1, -0.05) is 20.8 Å². The van der Waals surface area contributed by atoms with Gasteiger partial charge in [0.05, 0.1) is 0 Å². The van der Waals surface area contributed by atoms with Gasteiger partial charge in [0.1, 0.15) is 5.82 Å². The summed E-state index contributed by atoms with van der Waals surface area (Å²) < 4.78 is 4.48. The van der Waals surface area contributed by atoms with E-state index in [0.29, 0.717) is 12.1 Å². The van der Waals surface area contributed by atoms with Crippen molar-refractivity contribution in [2.45, 2.75) is 65.0 Å². The van der Waals surface area contributed by atoms with Crippen molar-refractivity contribution < 1.29 is 0 Å². The van der Waals surface area contributed by atoms with Crippen LogP contribution in [0.1, 0.15) is 52.3 Å².